The molecule has 0 saturated heterocycles. The molecular weight excluding hydrogens is 248 g/mol. The van der Waals surface area contributed by atoms with E-state index >= 15 is 0 Å². The van der Waals surface area contributed by atoms with E-state index in [1.165, 1.54) is 13.3 Å². The van der Waals surface area contributed by atoms with E-state index in [-0.39, 0.29) is 16.0 Å². The third-order valence-electron chi connectivity index (χ3n) is 1.35. The summed E-state index contributed by atoms with van der Waals surface area (Å²) in [7, 11) is 0. The zero-order valence-electron chi connectivity index (χ0n) is 7.09. The summed E-state index contributed by atoms with van der Waals surface area (Å²) in [5, 5.41) is 1.92. The van der Waals surface area contributed by atoms with Gasteiger partial charge in [0.1, 0.15) is 16.7 Å². The van der Waals surface area contributed by atoms with Gasteiger partial charge in [0.15, 0.2) is 11.0 Å². The highest BCUT2D eigenvalue weighted by molar-refractivity contribution is 6.43. The molecule has 1 aromatic heterocycles. The van der Waals surface area contributed by atoms with E-state index in [1.807, 2.05) is 0 Å². The molecule has 0 aliphatic rings. The van der Waals surface area contributed by atoms with Crippen molar-refractivity contribution in [2.45, 2.75) is 12.3 Å². The Morgan fingerprint density at radius 1 is 1.50 bits per heavy atom. The molecule has 1 atom stereocenters. The molecule has 0 radical (unpaired) electrons. The Morgan fingerprint density at radius 3 is 2.71 bits per heavy atom. The van der Waals surface area contributed by atoms with E-state index in [9.17, 15) is 4.79 Å². The van der Waals surface area contributed by atoms with Gasteiger partial charge in [-0.25, -0.2) is 9.97 Å². The van der Waals surface area contributed by atoms with E-state index in [1.54, 1.807) is 0 Å². The Hall–Kier alpha value is -0.580. The van der Waals surface area contributed by atoms with E-state index in [4.69, 9.17) is 34.8 Å². The van der Waals surface area contributed by atoms with Gasteiger partial charge in [-0.15, -0.1) is 11.6 Å². The smallest absolute Gasteiger partial charge is 0.243 e. The zero-order valence-corrected chi connectivity index (χ0v) is 9.36. The van der Waals surface area contributed by atoms with Gasteiger partial charge in [-0.2, -0.15) is 0 Å². The van der Waals surface area contributed by atoms with Crippen molar-refractivity contribution < 1.29 is 4.79 Å². The van der Waals surface area contributed by atoms with Gasteiger partial charge >= 0.3 is 0 Å². The second kappa shape index (κ2) is 4.77. The average molecular weight is 255 g/mol. The SMILES string of the molecule is CC(Cl)C(=O)Nc1ncnc(Cl)c1Cl. The predicted octanol–water partition coefficient (Wildman–Crippen LogP) is 2.35. The molecule has 4 nitrogen and oxygen atoms in total. The molecule has 0 fully saturated rings. The van der Waals surface area contributed by atoms with Crippen LogP contribution in [0.2, 0.25) is 10.2 Å². The van der Waals surface area contributed by atoms with Crippen LogP contribution in [0.15, 0.2) is 6.33 Å². The number of nitrogens with one attached hydrogen (secondary N) is 1. The summed E-state index contributed by atoms with van der Waals surface area (Å²) in [6.07, 6.45) is 1.20. The lowest BCUT2D eigenvalue weighted by atomic mass is 10.4. The molecule has 0 saturated carbocycles. The largest absolute Gasteiger partial charge is 0.308 e. The second-order valence-electron chi connectivity index (χ2n) is 2.43. The number of hydrogen-bond acceptors (Lipinski definition) is 3. The molecule has 1 aromatic rings. The topological polar surface area (TPSA) is 54.9 Å². The quantitative estimate of drug-likeness (QED) is 0.651. The van der Waals surface area contributed by atoms with Gasteiger partial charge < -0.3 is 5.32 Å². The number of alkyl halides is 1. The van der Waals surface area contributed by atoms with Crippen LogP contribution in [-0.2, 0) is 4.79 Å². The lowest BCUT2D eigenvalue weighted by molar-refractivity contribution is -0.115. The summed E-state index contributed by atoms with van der Waals surface area (Å²) in [6.45, 7) is 1.54. The molecule has 7 heteroatoms. The first kappa shape index (κ1) is 11.5. The van der Waals surface area contributed by atoms with Gasteiger partial charge in [0.25, 0.3) is 0 Å². The molecule has 0 aromatic carbocycles. The number of carbonyl (C=O) groups excluding carboxylic acids is 1. The summed E-state index contributed by atoms with van der Waals surface area (Å²) in [6, 6.07) is 0. The fourth-order valence-electron chi connectivity index (χ4n) is 0.652. The Labute approximate surface area is 95.6 Å². The van der Waals surface area contributed by atoms with Crippen LogP contribution in [0.3, 0.4) is 0 Å². The number of halogens is 3. The van der Waals surface area contributed by atoms with Crippen molar-refractivity contribution in [3.63, 3.8) is 0 Å². The molecule has 0 aliphatic heterocycles. The fraction of sp³-hybridized carbons (Fsp3) is 0.286. The molecule has 1 amide bonds. The van der Waals surface area contributed by atoms with Gasteiger partial charge in [-0.05, 0) is 6.92 Å². The molecule has 0 spiro atoms. The fourth-order valence-corrected chi connectivity index (χ4v) is 0.984. The molecular formula is C7H6Cl3N3O. The highest BCUT2D eigenvalue weighted by Crippen LogP contribution is 2.25. The van der Waals surface area contributed by atoms with Crippen LogP contribution in [0.1, 0.15) is 6.92 Å². The van der Waals surface area contributed by atoms with Gasteiger partial charge in [0.05, 0.1) is 0 Å². The zero-order chi connectivity index (χ0) is 10.7. The summed E-state index contributed by atoms with van der Waals surface area (Å²) in [5.41, 5.74) is 0. The van der Waals surface area contributed by atoms with E-state index in [2.05, 4.69) is 15.3 Å². The predicted molar refractivity (Wildman–Crippen MR) is 56.0 cm³/mol. The van der Waals surface area contributed by atoms with Gasteiger partial charge in [-0.1, -0.05) is 23.2 Å². The maximum absolute atomic E-state index is 11.2. The molecule has 1 unspecified atom stereocenters. The lowest BCUT2D eigenvalue weighted by Crippen LogP contribution is -2.21. The van der Waals surface area contributed by atoms with Crippen molar-refractivity contribution in [2.75, 3.05) is 5.32 Å². The van der Waals surface area contributed by atoms with Crippen LogP contribution in [0, 0.1) is 0 Å². The highest BCUT2D eigenvalue weighted by Gasteiger charge is 2.13. The number of amides is 1. The van der Waals surface area contributed by atoms with Crippen molar-refractivity contribution in [3.8, 4) is 0 Å². The van der Waals surface area contributed by atoms with Crippen molar-refractivity contribution in [2.24, 2.45) is 0 Å². The van der Waals surface area contributed by atoms with Crippen molar-refractivity contribution >= 4 is 46.5 Å². The molecule has 0 bridgehead atoms. The number of carbonyl (C=O) groups is 1. The lowest BCUT2D eigenvalue weighted by Gasteiger charge is -2.06. The van der Waals surface area contributed by atoms with Gasteiger partial charge in [-0.3, -0.25) is 4.79 Å². The minimum absolute atomic E-state index is 0.0826. The normalized spacial score (nSPS) is 12.3. The van der Waals surface area contributed by atoms with Crippen LogP contribution < -0.4 is 5.32 Å². The number of aromatic nitrogens is 2. The van der Waals surface area contributed by atoms with E-state index < -0.39 is 11.3 Å². The standard InChI is InChI=1S/C7H6Cl3N3O/c1-3(8)7(14)13-6-4(9)5(10)11-2-12-6/h2-3H,1H3,(H,11,12,13,14). The highest BCUT2D eigenvalue weighted by atomic mass is 35.5. The second-order valence-corrected chi connectivity index (χ2v) is 3.82. The Morgan fingerprint density at radius 2 is 2.14 bits per heavy atom. The summed E-state index contributed by atoms with van der Waals surface area (Å²) in [4.78, 5) is 18.5. The minimum atomic E-state index is -0.667. The van der Waals surface area contributed by atoms with Crippen molar-refractivity contribution in [1.29, 1.82) is 0 Å². The molecule has 1 heterocycles. The van der Waals surface area contributed by atoms with Crippen LogP contribution in [0.25, 0.3) is 0 Å². The molecule has 14 heavy (non-hydrogen) atoms. The van der Waals surface area contributed by atoms with E-state index in [0.29, 0.717) is 0 Å². The molecule has 1 N–H and O–H groups in total. The van der Waals surface area contributed by atoms with Crippen LogP contribution in [0.5, 0.6) is 0 Å². The molecule has 76 valence electrons. The van der Waals surface area contributed by atoms with Gasteiger partial charge in [0.2, 0.25) is 5.91 Å². The van der Waals surface area contributed by atoms with Gasteiger partial charge in [0, 0.05) is 0 Å². The number of nitrogens with zero attached hydrogens (tertiary/aromatic N) is 2. The number of anilines is 1. The maximum Gasteiger partial charge on any atom is 0.243 e. The first-order valence-corrected chi connectivity index (χ1v) is 4.82. The third kappa shape index (κ3) is 2.70. The Kier molecular flexibility index (Phi) is 3.92. The van der Waals surface area contributed by atoms with Crippen LogP contribution >= 0.6 is 34.8 Å². The summed E-state index contributed by atoms with van der Waals surface area (Å²) < 4.78 is 0. The summed E-state index contributed by atoms with van der Waals surface area (Å²) >= 11 is 16.9. The maximum atomic E-state index is 11.2. The third-order valence-corrected chi connectivity index (χ3v) is 2.29. The van der Waals surface area contributed by atoms with Crippen molar-refractivity contribution in [3.05, 3.63) is 16.5 Å². The Balaban J connectivity index is 2.87. The van der Waals surface area contributed by atoms with Crippen LogP contribution in [0.4, 0.5) is 5.82 Å². The number of rotatable bonds is 2. The first-order chi connectivity index (χ1) is 6.52. The van der Waals surface area contributed by atoms with Crippen molar-refractivity contribution in [1.82, 2.24) is 9.97 Å². The first-order valence-electron chi connectivity index (χ1n) is 3.63. The average Bonchev–Trinajstić information content (AvgIpc) is 2.12. The molecule has 0 aliphatic carbocycles. The molecule has 1 rings (SSSR count). The van der Waals surface area contributed by atoms with E-state index in [0.717, 1.165) is 0 Å². The number of hydrogen-bond donors (Lipinski definition) is 1. The summed E-state index contributed by atoms with van der Waals surface area (Å²) in [5.74, 6) is -0.243. The minimum Gasteiger partial charge on any atom is -0.308 e. The Bertz CT molecular complexity index is 356. The monoisotopic (exact) mass is 253 g/mol. The van der Waals surface area contributed by atoms with Crippen LogP contribution in [-0.4, -0.2) is 21.3 Å².